The summed E-state index contributed by atoms with van der Waals surface area (Å²) in [5, 5.41) is 0. The van der Waals surface area contributed by atoms with Crippen LogP contribution in [0.15, 0.2) is 0 Å². The lowest BCUT2D eigenvalue weighted by Gasteiger charge is -2.48. The molecule has 0 aromatic rings. The summed E-state index contributed by atoms with van der Waals surface area (Å²) in [6.07, 6.45) is 0.253. The van der Waals surface area contributed by atoms with Crippen molar-refractivity contribution >= 4 is 11.8 Å². The van der Waals surface area contributed by atoms with E-state index in [1.165, 1.54) is 0 Å². The first-order valence-corrected chi connectivity index (χ1v) is 5.87. The van der Waals surface area contributed by atoms with Crippen LogP contribution in [0.5, 0.6) is 0 Å². The van der Waals surface area contributed by atoms with Gasteiger partial charge in [0, 0.05) is 39.3 Å². The molecule has 4 heterocycles. The maximum absolute atomic E-state index is 11.9. The number of amides is 2. The molecule has 0 N–H and O–H groups in total. The molecule has 4 aliphatic heterocycles. The first kappa shape index (κ1) is 8.95. The third kappa shape index (κ3) is 0.860. The van der Waals surface area contributed by atoms with Crippen molar-refractivity contribution in [2.45, 2.75) is 12.3 Å². The molecule has 4 fully saturated rings. The Morgan fingerprint density at radius 3 is 1.50 bits per heavy atom. The average Bonchev–Trinajstić information content (AvgIpc) is 2.88. The highest BCUT2D eigenvalue weighted by atomic mass is 16.2. The van der Waals surface area contributed by atoms with E-state index in [1.807, 2.05) is 0 Å². The third-order valence-corrected chi connectivity index (χ3v) is 4.29. The largest absolute Gasteiger partial charge is 0.314 e. The second kappa shape index (κ2) is 2.75. The van der Waals surface area contributed by atoms with Crippen molar-refractivity contribution < 1.29 is 9.59 Å². The van der Waals surface area contributed by atoms with E-state index < -0.39 is 0 Å². The van der Waals surface area contributed by atoms with Crippen LogP contribution in [0.1, 0.15) is 0 Å². The molecule has 2 atom stereocenters. The van der Waals surface area contributed by atoms with Crippen LogP contribution < -0.4 is 0 Å². The fraction of sp³-hybridized carbons (Fsp3) is 0.800. The first-order valence-electron chi connectivity index (χ1n) is 5.87. The molecule has 6 nitrogen and oxygen atoms in total. The van der Waals surface area contributed by atoms with Crippen LogP contribution >= 0.6 is 0 Å². The highest BCUT2D eigenvalue weighted by molar-refractivity contribution is 6.35. The first-order chi connectivity index (χ1) is 7.77. The topological polar surface area (TPSA) is 47.1 Å². The molecule has 86 valence electrons. The van der Waals surface area contributed by atoms with Crippen LogP contribution in [0.2, 0.25) is 0 Å². The second-order valence-electron chi connectivity index (χ2n) is 4.90. The summed E-state index contributed by atoms with van der Waals surface area (Å²) in [7, 11) is 0. The molecular formula is C10H14N4O2. The highest BCUT2D eigenvalue weighted by Crippen LogP contribution is 2.34. The molecule has 0 spiro atoms. The van der Waals surface area contributed by atoms with Gasteiger partial charge in [0.2, 0.25) is 0 Å². The molecule has 0 aromatic heterocycles. The molecule has 4 saturated heterocycles. The van der Waals surface area contributed by atoms with Crippen molar-refractivity contribution in [3.63, 3.8) is 0 Å². The molecule has 2 amide bonds. The van der Waals surface area contributed by atoms with E-state index in [-0.39, 0.29) is 24.1 Å². The van der Waals surface area contributed by atoms with E-state index in [9.17, 15) is 9.59 Å². The predicted molar refractivity (Wildman–Crippen MR) is 54.1 cm³/mol. The van der Waals surface area contributed by atoms with Gasteiger partial charge in [-0.15, -0.1) is 0 Å². The number of nitrogens with zero attached hydrogens (tertiary/aromatic N) is 4. The number of carbonyl (C=O) groups is 2. The van der Waals surface area contributed by atoms with Gasteiger partial charge in [-0.25, -0.2) is 0 Å². The van der Waals surface area contributed by atoms with Crippen LogP contribution in [0.4, 0.5) is 0 Å². The zero-order valence-electron chi connectivity index (χ0n) is 9.00. The summed E-state index contributed by atoms with van der Waals surface area (Å²) < 4.78 is 0. The molecule has 0 aliphatic carbocycles. The summed E-state index contributed by atoms with van der Waals surface area (Å²) in [4.78, 5) is 32.0. The van der Waals surface area contributed by atoms with Gasteiger partial charge in [-0.05, 0) is 0 Å². The van der Waals surface area contributed by atoms with Gasteiger partial charge in [0.25, 0.3) is 0 Å². The Labute approximate surface area is 93.4 Å². The van der Waals surface area contributed by atoms with Crippen LogP contribution in [0.25, 0.3) is 0 Å². The Hall–Kier alpha value is -1.14. The summed E-state index contributed by atoms with van der Waals surface area (Å²) >= 11 is 0. The van der Waals surface area contributed by atoms with Crippen molar-refractivity contribution in [2.24, 2.45) is 0 Å². The zero-order valence-corrected chi connectivity index (χ0v) is 9.00. The predicted octanol–water partition coefficient (Wildman–Crippen LogP) is -2.05. The van der Waals surface area contributed by atoms with Gasteiger partial charge in [-0.3, -0.25) is 19.4 Å². The molecule has 4 aliphatic rings. The zero-order chi connectivity index (χ0) is 10.9. The lowest BCUT2D eigenvalue weighted by Crippen LogP contribution is -2.69. The molecule has 0 aromatic carbocycles. The number of piperazine rings is 2. The SMILES string of the molecule is O=C1C(=O)N2CCN3CCN4CCN1[C@@H]4[C@H]32. The maximum atomic E-state index is 11.9. The van der Waals surface area contributed by atoms with E-state index in [4.69, 9.17) is 0 Å². The minimum Gasteiger partial charge on any atom is -0.314 e. The molecular weight excluding hydrogens is 208 g/mol. The monoisotopic (exact) mass is 222 g/mol. The van der Waals surface area contributed by atoms with E-state index in [1.54, 1.807) is 9.80 Å². The Balaban J connectivity index is 1.81. The lowest BCUT2D eigenvalue weighted by molar-refractivity contribution is -0.169. The van der Waals surface area contributed by atoms with E-state index in [2.05, 4.69) is 9.80 Å². The molecule has 0 bridgehead atoms. The van der Waals surface area contributed by atoms with Gasteiger partial charge in [0.15, 0.2) is 0 Å². The summed E-state index contributed by atoms with van der Waals surface area (Å²) in [5.74, 6) is -0.597. The number of carbonyl (C=O) groups excluding carboxylic acids is 2. The second-order valence-corrected chi connectivity index (χ2v) is 4.90. The van der Waals surface area contributed by atoms with Crippen LogP contribution in [0, 0.1) is 0 Å². The minimum atomic E-state index is -0.299. The van der Waals surface area contributed by atoms with Crippen molar-refractivity contribution in [3.8, 4) is 0 Å². The van der Waals surface area contributed by atoms with Crippen molar-refractivity contribution in [1.29, 1.82) is 0 Å². The molecule has 0 radical (unpaired) electrons. The van der Waals surface area contributed by atoms with Gasteiger partial charge < -0.3 is 9.80 Å². The molecule has 0 unspecified atom stereocenters. The van der Waals surface area contributed by atoms with Gasteiger partial charge in [-0.1, -0.05) is 0 Å². The lowest BCUT2D eigenvalue weighted by atomic mass is 10.1. The fourth-order valence-electron chi connectivity index (χ4n) is 3.53. The summed E-state index contributed by atoms with van der Waals surface area (Å²) in [6, 6.07) is 0. The quantitative estimate of drug-likeness (QED) is 0.443. The van der Waals surface area contributed by atoms with Gasteiger partial charge in [-0.2, -0.15) is 0 Å². The van der Waals surface area contributed by atoms with E-state index in [0.29, 0.717) is 13.1 Å². The standard InChI is InChI=1S/C10H14N4O2/c15-9-10(16)14-6-4-12-2-1-11-3-5-13(9)7(11)8(12)14/h7-8H,1-6H2/t7-,8-/m1/s1. The Morgan fingerprint density at radius 1 is 0.688 bits per heavy atom. The van der Waals surface area contributed by atoms with E-state index >= 15 is 0 Å². The van der Waals surface area contributed by atoms with E-state index in [0.717, 1.165) is 26.2 Å². The average molecular weight is 222 g/mol. The highest BCUT2D eigenvalue weighted by Gasteiger charge is 2.57. The number of rotatable bonds is 0. The van der Waals surface area contributed by atoms with Gasteiger partial charge in [0.05, 0.1) is 0 Å². The Bertz CT molecular complexity index is 349. The molecule has 16 heavy (non-hydrogen) atoms. The minimum absolute atomic E-state index is 0.126. The Morgan fingerprint density at radius 2 is 1.06 bits per heavy atom. The molecule has 4 rings (SSSR count). The maximum Gasteiger partial charge on any atom is 0.313 e. The number of hydrogen-bond donors (Lipinski definition) is 0. The number of hydrogen-bond acceptors (Lipinski definition) is 4. The van der Waals surface area contributed by atoms with Crippen molar-refractivity contribution in [3.05, 3.63) is 0 Å². The molecule has 0 saturated carbocycles. The van der Waals surface area contributed by atoms with Crippen LogP contribution in [0.3, 0.4) is 0 Å². The third-order valence-electron chi connectivity index (χ3n) is 4.29. The van der Waals surface area contributed by atoms with Gasteiger partial charge >= 0.3 is 11.8 Å². The van der Waals surface area contributed by atoms with Crippen molar-refractivity contribution in [2.75, 3.05) is 39.3 Å². The summed E-state index contributed by atoms with van der Waals surface area (Å²) in [6.45, 7) is 5.31. The Kier molecular flexibility index (Phi) is 1.54. The molecule has 6 heteroatoms. The van der Waals surface area contributed by atoms with Crippen LogP contribution in [-0.2, 0) is 9.59 Å². The fourth-order valence-corrected chi connectivity index (χ4v) is 3.53. The van der Waals surface area contributed by atoms with Crippen LogP contribution in [-0.4, -0.2) is 83.0 Å². The summed E-state index contributed by atoms with van der Waals surface area (Å²) in [5.41, 5.74) is 0. The van der Waals surface area contributed by atoms with Gasteiger partial charge in [0.1, 0.15) is 12.3 Å². The van der Waals surface area contributed by atoms with Crippen molar-refractivity contribution in [1.82, 2.24) is 19.6 Å². The normalized spacial score (nSPS) is 38.5. The smallest absolute Gasteiger partial charge is 0.313 e.